The molecule has 1 fully saturated rings. The predicted octanol–water partition coefficient (Wildman–Crippen LogP) is 2.28. The highest BCUT2D eigenvalue weighted by Gasteiger charge is 2.51. The minimum absolute atomic E-state index is 0.118. The van der Waals surface area contributed by atoms with E-state index >= 15 is 0 Å². The maximum absolute atomic E-state index is 6.14. The first-order valence-electron chi connectivity index (χ1n) is 6.14. The summed E-state index contributed by atoms with van der Waals surface area (Å²) in [5.41, 5.74) is 9.48. The van der Waals surface area contributed by atoms with Crippen molar-refractivity contribution in [3.05, 3.63) is 29.8 Å². The van der Waals surface area contributed by atoms with Crippen molar-refractivity contribution >= 4 is 5.69 Å². The molecule has 1 aromatic rings. The van der Waals surface area contributed by atoms with Gasteiger partial charge in [-0.3, -0.25) is 0 Å². The van der Waals surface area contributed by atoms with Gasteiger partial charge in [0.2, 0.25) is 0 Å². The van der Waals surface area contributed by atoms with Gasteiger partial charge in [0, 0.05) is 29.7 Å². The normalized spacial score (nSPS) is 21.3. The molecule has 2 N–H and O–H groups in total. The van der Waals surface area contributed by atoms with Crippen molar-refractivity contribution in [3.63, 3.8) is 0 Å². The van der Waals surface area contributed by atoms with Crippen molar-refractivity contribution in [2.24, 2.45) is 5.73 Å². The third-order valence-corrected chi connectivity index (χ3v) is 3.76. The van der Waals surface area contributed by atoms with Gasteiger partial charge in [0.25, 0.3) is 0 Å². The molecule has 1 aliphatic heterocycles. The molecule has 0 radical (unpaired) electrons. The van der Waals surface area contributed by atoms with Crippen molar-refractivity contribution in [2.75, 3.05) is 18.0 Å². The van der Waals surface area contributed by atoms with E-state index in [1.807, 2.05) is 0 Å². The highest BCUT2D eigenvalue weighted by Crippen LogP contribution is 2.56. The number of nitrogens with two attached hydrogens (primary N) is 1. The van der Waals surface area contributed by atoms with Gasteiger partial charge in [0.05, 0.1) is 0 Å². The van der Waals surface area contributed by atoms with Gasteiger partial charge in [0.1, 0.15) is 0 Å². The summed E-state index contributed by atoms with van der Waals surface area (Å²) in [5.74, 6) is 0. The Labute approximate surface area is 97.4 Å². The van der Waals surface area contributed by atoms with Crippen LogP contribution in [0.1, 0.15) is 32.3 Å². The van der Waals surface area contributed by atoms with Crippen LogP contribution in [0, 0.1) is 0 Å². The molecule has 1 saturated carbocycles. The van der Waals surface area contributed by atoms with Gasteiger partial charge < -0.3 is 10.6 Å². The highest BCUT2D eigenvalue weighted by atomic mass is 15.2. The summed E-state index contributed by atoms with van der Waals surface area (Å²) in [6.45, 7) is 6.33. The molecule has 0 bridgehead atoms. The molecule has 0 amide bonds. The Hall–Kier alpha value is -1.02. The van der Waals surface area contributed by atoms with Gasteiger partial charge in [-0.05, 0) is 38.3 Å². The number of rotatable bonds is 2. The fourth-order valence-corrected chi connectivity index (χ4v) is 2.94. The second-order valence-corrected chi connectivity index (χ2v) is 6.14. The second-order valence-electron chi connectivity index (χ2n) is 6.14. The van der Waals surface area contributed by atoms with Gasteiger partial charge in [-0.25, -0.2) is 0 Å². The zero-order valence-electron chi connectivity index (χ0n) is 10.2. The number of nitrogens with zero attached hydrogens (tertiary/aromatic N) is 1. The third-order valence-electron chi connectivity index (χ3n) is 3.76. The highest BCUT2D eigenvalue weighted by molar-refractivity contribution is 5.65. The number of benzene rings is 1. The van der Waals surface area contributed by atoms with E-state index in [2.05, 4.69) is 43.0 Å². The Kier molecular flexibility index (Phi) is 1.91. The molecule has 1 aliphatic carbocycles. The van der Waals surface area contributed by atoms with Crippen molar-refractivity contribution in [2.45, 2.75) is 37.6 Å². The maximum Gasteiger partial charge on any atom is 0.0406 e. The monoisotopic (exact) mass is 216 g/mol. The lowest BCUT2D eigenvalue weighted by Crippen LogP contribution is -2.45. The first-order valence-corrected chi connectivity index (χ1v) is 6.14. The number of hydrogen-bond donors (Lipinski definition) is 1. The summed E-state index contributed by atoms with van der Waals surface area (Å²) in [4.78, 5) is 2.47. The van der Waals surface area contributed by atoms with Crippen molar-refractivity contribution < 1.29 is 0 Å². The van der Waals surface area contributed by atoms with Gasteiger partial charge in [-0.1, -0.05) is 18.2 Å². The van der Waals surface area contributed by atoms with E-state index < -0.39 is 0 Å². The summed E-state index contributed by atoms with van der Waals surface area (Å²) in [5, 5.41) is 0. The largest absolute Gasteiger partial charge is 0.369 e. The standard InChI is InChI=1S/C14H20N2/c1-13(2,15)9-16-10-14(7-8-14)11-5-3-4-6-12(11)16/h3-6H,7-10,15H2,1-2H3. The second kappa shape index (κ2) is 3.01. The summed E-state index contributed by atoms with van der Waals surface area (Å²) in [6, 6.07) is 8.84. The first-order chi connectivity index (χ1) is 7.50. The molecule has 1 aromatic carbocycles. The fourth-order valence-electron chi connectivity index (χ4n) is 2.94. The predicted molar refractivity (Wildman–Crippen MR) is 67.8 cm³/mol. The van der Waals surface area contributed by atoms with Gasteiger partial charge >= 0.3 is 0 Å². The SMILES string of the molecule is CC(C)(N)CN1CC2(CC2)c2ccccc21. The van der Waals surface area contributed by atoms with Crippen molar-refractivity contribution in [1.29, 1.82) is 0 Å². The number of para-hydroxylation sites is 1. The Morgan fingerprint density at radius 3 is 2.62 bits per heavy atom. The van der Waals surface area contributed by atoms with E-state index in [1.54, 1.807) is 5.56 Å². The average Bonchev–Trinajstić information content (AvgIpc) is 2.89. The van der Waals surface area contributed by atoms with E-state index in [9.17, 15) is 0 Å². The number of anilines is 1. The lowest BCUT2D eigenvalue weighted by molar-refractivity contribution is 0.502. The molecule has 2 heteroatoms. The van der Waals surface area contributed by atoms with Crippen LogP contribution < -0.4 is 10.6 Å². The molecule has 0 atom stereocenters. The maximum atomic E-state index is 6.14. The topological polar surface area (TPSA) is 29.3 Å². The smallest absolute Gasteiger partial charge is 0.0406 e. The molecule has 16 heavy (non-hydrogen) atoms. The fraction of sp³-hybridized carbons (Fsp3) is 0.571. The van der Waals surface area contributed by atoms with E-state index in [-0.39, 0.29) is 5.54 Å². The van der Waals surface area contributed by atoms with E-state index in [0.717, 1.165) is 6.54 Å². The third kappa shape index (κ3) is 1.52. The summed E-state index contributed by atoms with van der Waals surface area (Å²) in [7, 11) is 0. The van der Waals surface area contributed by atoms with Crippen molar-refractivity contribution in [1.82, 2.24) is 0 Å². The molecule has 0 aromatic heterocycles. The van der Waals surface area contributed by atoms with Crippen LogP contribution in [0.2, 0.25) is 0 Å². The minimum Gasteiger partial charge on any atom is -0.369 e. The average molecular weight is 216 g/mol. The summed E-state index contributed by atoms with van der Waals surface area (Å²) < 4.78 is 0. The molecular weight excluding hydrogens is 196 g/mol. The molecular formula is C14H20N2. The molecule has 3 rings (SSSR count). The Bertz CT molecular complexity index is 411. The van der Waals surface area contributed by atoms with Crippen molar-refractivity contribution in [3.8, 4) is 0 Å². The van der Waals surface area contributed by atoms with Crippen LogP contribution in [-0.4, -0.2) is 18.6 Å². The van der Waals surface area contributed by atoms with Crippen LogP contribution in [0.3, 0.4) is 0 Å². The molecule has 86 valence electrons. The van der Waals surface area contributed by atoms with E-state index in [4.69, 9.17) is 5.73 Å². The zero-order valence-corrected chi connectivity index (χ0v) is 10.2. The number of fused-ring (bicyclic) bond motifs is 2. The van der Waals surface area contributed by atoms with Crippen LogP contribution in [-0.2, 0) is 5.41 Å². The van der Waals surface area contributed by atoms with Gasteiger partial charge in [0.15, 0.2) is 0 Å². The Morgan fingerprint density at radius 2 is 2.00 bits per heavy atom. The van der Waals surface area contributed by atoms with Crippen LogP contribution in [0.4, 0.5) is 5.69 Å². The zero-order chi connectivity index (χ0) is 11.4. The Balaban J connectivity index is 1.94. The Morgan fingerprint density at radius 1 is 1.31 bits per heavy atom. The van der Waals surface area contributed by atoms with Crippen LogP contribution >= 0.6 is 0 Å². The molecule has 0 unspecified atom stereocenters. The minimum atomic E-state index is -0.118. The van der Waals surface area contributed by atoms with Crippen LogP contribution in [0.5, 0.6) is 0 Å². The summed E-state index contributed by atoms with van der Waals surface area (Å²) in [6.07, 6.45) is 2.71. The lowest BCUT2D eigenvalue weighted by atomic mass is 9.99. The lowest BCUT2D eigenvalue weighted by Gasteiger charge is -2.28. The van der Waals surface area contributed by atoms with Crippen LogP contribution in [0.15, 0.2) is 24.3 Å². The van der Waals surface area contributed by atoms with Gasteiger partial charge in [-0.15, -0.1) is 0 Å². The molecule has 0 saturated heterocycles. The van der Waals surface area contributed by atoms with Crippen LogP contribution in [0.25, 0.3) is 0 Å². The van der Waals surface area contributed by atoms with Gasteiger partial charge in [-0.2, -0.15) is 0 Å². The molecule has 1 spiro atoms. The molecule has 2 nitrogen and oxygen atoms in total. The number of hydrogen-bond acceptors (Lipinski definition) is 2. The summed E-state index contributed by atoms with van der Waals surface area (Å²) >= 11 is 0. The first kappa shape index (κ1) is 10.2. The van der Waals surface area contributed by atoms with E-state index in [1.165, 1.54) is 25.1 Å². The molecule has 1 heterocycles. The molecule has 2 aliphatic rings. The van der Waals surface area contributed by atoms with E-state index in [0.29, 0.717) is 5.41 Å². The quantitative estimate of drug-likeness (QED) is 0.821.